The van der Waals surface area contributed by atoms with Gasteiger partial charge in [0.25, 0.3) is 11.6 Å². The van der Waals surface area contributed by atoms with Crippen molar-refractivity contribution < 1.29 is 19.2 Å². The van der Waals surface area contributed by atoms with E-state index in [1.165, 1.54) is 6.07 Å². The molecule has 2 aromatic rings. The third kappa shape index (κ3) is 3.39. The van der Waals surface area contributed by atoms with E-state index in [1.54, 1.807) is 30.3 Å². The van der Waals surface area contributed by atoms with Gasteiger partial charge in [-0.1, -0.05) is 0 Å². The van der Waals surface area contributed by atoms with Crippen LogP contribution in [0.1, 0.15) is 23.2 Å². The summed E-state index contributed by atoms with van der Waals surface area (Å²) in [7, 11) is 0. The van der Waals surface area contributed by atoms with Crippen LogP contribution < -0.4 is 20.1 Å². The van der Waals surface area contributed by atoms with E-state index in [9.17, 15) is 14.9 Å². The maximum atomic E-state index is 12.5. The first-order chi connectivity index (χ1) is 12.6. The number of fused-ring (bicyclic) bond motifs is 1. The second kappa shape index (κ2) is 6.55. The smallest absolute Gasteiger partial charge is 0.293 e. The van der Waals surface area contributed by atoms with Crippen LogP contribution in [0.2, 0.25) is 0 Å². The van der Waals surface area contributed by atoms with Crippen molar-refractivity contribution in [3.05, 3.63) is 52.1 Å². The van der Waals surface area contributed by atoms with Gasteiger partial charge in [-0.15, -0.1) is 0 Å². The van der Waals surface area contributed by atoms with E-state index in [1.807, 2.05) is 0 Å². The SMILES string of the molecule is O=C(Nc1ccc2c(c1)OCCO2)c1ccc(NC2CC2)c([N+](=O)[O-])c1. The van der Waals surface area contributed by atoms with Crippen LogP contribution in [0, 0.1) is 10.1 Å². The number of carbonyl (C=O) groups is 1. The Bertz CT molecular complexity index is 879. The second-order valence-corrected chi connectivity index (χ2v) is 6.22. The standard InChI is InChI=1S/C18H17N3O5/c22-18(20-13-4-6-16-17(10-13)26-8-7-25-16)11-1-5-14(19-12-2-3-12)15(9-11)21(23)24/h1,4-6,9-10,12,19H,2-3,7-8H2,(H,20,22). The summed E-state index contributed by atoms with van der Waals surface area (Å²) in [5.41, 5.74) is 1.08. The molecular formula is C18H17N3O5. The molecule has 0 aromatic heterocycles. The third-order valence-electron chi connectivity index (χ3n) is 4.19. The lowest BCUT2D eigenvalue weighted by molar-refractivity contribution is -0.384. The van der Waals surface area contributed by atoms with Crippen LogP contribution in [0.4, 0.5) is 17.1 Å². The number of anilines is 2. The van der Waals surface area contributed by atoms with Gasteiger partial charge in [-0.3, -0.25) is 14.9 Å². The first-order valence-electron chi connectivity index (χ1n) is 8.36. The molecule has 1 heterocycles. The molecule has 1 saturated carbocycles. The molecule has 0 saturated heterocycles. The van der Waals surface area contributed by atoms with E-state index in [2.05, 4.69) is 10.6 Å². The molecule has 2 aromatic carbocycles. The molecule has 1 amide bonds. The molecule has 8 heteroatoms. The van der Waals surface area contributed by atoms with Crippen molar-refractivity contribution in [1.82, 2.24) is 0 Å². The van der Waals surface area contributed by atoms with Gasteiger partial charge in [-0.25, -0.2) is 0 Å². The molecule has 1 aliphatic heterocycles. The normalized spacial score (nSPS) is 15.2. The number of hydrogen-bond donors (Lipinski definition) is 2. The molecule has 1 aliphatic carbocycles. The van der Waals surface area contributed by atoms with Crippen molar-refractivity contribution >= 4 is 23.0 Å². The van der Waals surface area contributed by atoms with Crippen LogP contribution in [0.5, 0.6) is 11.5 Å². The molecule has 2 N–H and O–H groups in total. The van der Waals surface area contributed by atoms with Crippen LogP contribution in [-0.4, -0.2) is 30.1 Å². The van der Waals surface area contributed by atoms with Crippen LogP contribution >= 0.6 is 0 Å². The quantitative estimate of drug-likeness (QED) is 0.631. The zero-order valence-electron chi connectivity index (χ0n) is 13.9. The Morgan fingerprint density at radius 2 is 1.85 bits per heavy atom. The fraction of sp³-hybridized carbons (Fsp3) is 0.278. The first-order valence-corrected chi connectivity index (χ1v) is 8.36. The van der Waals surface area contributed by atoms with E-state index < -0.39 is 10.8 Å². The lowest BCUT2D eigenvalue weighted by atomic mass is 10.1. The van der Waals surface area contributed by atoms with Gasteiger partial charge in [0.05, 0.1) is 4.92 Å². The van der Waals surface area contributed by atoms with Gasteiger partial charge in [0.2, 0.25) is 0 Å². The summed E-state index contributed by atoms with van der Waals surface area (Å²) in [6.45, 7) is 0.940. The number of carbonyl (C=O) groups excluding carboxylic acids is 1. The topological polar surface area (TPSA) is 103 Å². The first kappa shape index (κ1) is 16.2. The van der Waals surface area contributed by atoms with Crippen LogP contribution in [0.15, 0.2) is 36.4 Å². The lowest BCUT2D eigenvalue weighted by Gasteiger charge is -2.19. The van der Waals surface area contributed by atoms with Crippen molar-refractivity contribution in [3.8, 4) is 11.5 Å². The number of benzene rings is 2. The predicted octanol–water partition coefficient (Wildman–Crippen LogP) is 3.19. The summed E-state index contributed by atoms with van der Waals surface area (Å²) >= 11 is 0. The second-order valence-electron chi connectivity index (χ2n) is 6.22. The van der Waals surface area contributed by atoms with Crippen molar-refractivity contribution in [1.29, 1.82) is 0 Å². The fourth-order valence-electron chi connectivity index (χ4n) is 2.72. The molecule has 4 rings (SSSR count). The van der Waals surface area contributed by atoms with E-state index in [0.29, 0.717) is 36.1 Å². The average Bonchev–Trinajstić information content (AvgIpc) is 3.45. The molecule has 1 fully saturated rings. The summed E-state index contributed by atoms with van der Waals surface area (Å²) in [5.74, 6) is 0.757. The Morgan fingerprint density at radius 3 is 2.58 bits per heavy atom. The number of nitro benzene ring substituents is 1. The van der Waals surface area contributed by atoms with E-state index in [-0.39, 0.29) is 17.3 Å². The Kier molecular flexibility index (Phi) is 4.08. The predicted molar refractivity (Wildman–Crippen MR) is 95.1 cm³/mol. The maximum Gasteiger partial charge on any atom is 0.293 e. The average molecular weight is 355 g/mol. The lowest BCUT2D eigenvalue weighted by Crippen LogP contribution is -2.16. The minimum Gasteiger partial charge on any atom is -0.486 e. The van der Waals surface area contributed by atoms with Gasteiger partial charge in [0.1, 0.15) is 18.9 Å². The molecule has 0 bridgehead atoms. The number of amides is 1. The van der Waals surface area contributed by atoms with Gasteiger partial charge >= 0.3 is 0 Å². The molecule has 8 nitrogen and oxygen atoms in total. The number of hydrogen-bond acceptors (Lipinski definition) is 6. The van der Waals surface area contributed by atoms with Gasteiger partial charge in [0, 0.05) is 29.4 Å². The highest BCUT2D eigenvalue weighted by molar-refractivity contribution is 6.05. The summed E-state index contributed by atoms with van der Waals surface area (Å²) in [5, 5.41) is 17.2. The van der Waals surface area contributed by atoms with Gasteiger partial charge < -0.3 is 20.1 Å². The minimum absolute atomic E-state index is 0.105. The highest BCUT2D eigenvalue weighted by Gasteiger charge is 2.25. The Hall–Kier alpha value is -3.29. The highest BCUT2D eigenvalue weighted by Crippen LogP contribution is 2.34. The van der Waals surface area contributed by atoms with Crippen molar-refractivity contribution in [2.24, 2.45) is 0 Å². The van der Waals surface area contributed by atoms with E-state index >= 15 is 0 Å². The monoisotopic (exact) mass is 355 g/mol. The number of nitrogens with zero attached hydrogens (tertiary/aromatic N) is 1. The number of nitrogens with one attached hydrogen (secondary N) is 2. The summed E-state index contributed by atoms with van der Waals surface area (Å²) < 4.78 is 10.9. The molecule has 0 radical (unpaired) electrons. The molecule has 26 heavy (non-hydrogen) atoms. The van der Waals surface area contributed by atoms with Gasteiger partial charge in [0.15, 0.2) is 11.5 Å². The Morgan fingerprint density at radius 1 is 1.08 bits per heavy atom. The summed E-state index contributed by atoms with van der Waals surface area (Å²) in [4.78, 5) is 23.3. The number of ether oxygens (including phenoxy) is 2. The van der Waals surface area contributed by atoms with Crippen LogP contribution in [0.25, 0.3) is 0 Å². The summed E-state index contributed by atoms with van der Waals surface area (Å²) in [6, 6.07) is 9.81. The van der Waals surface area contributed by atoms with E-state index in [0.717, 1.165) is 12.8 Å². The van der Waals surface area contributed by atoms with Gasteiger partial charge in [-0.05, 0) is 37.1 Å². The minimum atomic E-state index is -0.481. The van der Waals surface area contributed by atoms with Crippen molar-refractivity contribution in [2.75, 3.05) is 23.8 Å². The van der Waals surface area contributed by atoms with Crippen molar-refractivity contribution in [3.63, 3.8) is 0 Å². The molecule has 0 atom stereocenters. The molecule has 2 aliphatic rings. The maximum absolute atomic E-state index is 12.5. The van der Waals surface area contributed by atoms with Crippen LogP contribution in [-0.2, 0) is 0 Å². The highest BCUT2D eigenvalue weighted by atomic mass is 16.6. The molecule has 0 unspecified atom stereocenters. The summed E-state index contributed by atoms with van der Waals surface area (Å²) in [6.07, 6.45) is 2.01. The largest absolute Gasteiger partial charge is 0.486 e. The Balaban J connectivity index is 1.54. The zero-order chi connectivity index (χ0) is 18.1. The number of rotatable bonds is 5. The zero-order valence-corrected chi connectivity index (χ0v) is 13.9. The van der Waals surface area contributed by atoms with E-state index in [4.69, 9.17) is 9.47 Å². The van der Waals surface area contributed by atoms with Crippen LogP contribution in [0.3, 0.4) is 0 Å². The Labute approximate surface area is 149 Å². The molecular weight excluding hydrogens is 338 g/mol. The molecule has 0 spiro atoms. The number of nitro groups is 1. The van der Waals surface area contributed by atoms with Crippen molar-refractivity contribution in [2.45, 2.75) is 18.9 Å². The van der Waals surface area contributed by atoms with Gasteiger partial charge in [-0.2, -0.15) is 0 Å². The third-order valence-corrected chi connectivity index (χ3v) is 4.19. The fourth-order valence-corrected chi connectivity index (χ4v) is 2.72. The molecule has 134 valence electrons.